The van der Waals surface area contributed by atoms with Crippen molar-refractivity contribution in [3.63, 3.8) is 0 Å². The Kier molecular flexibility index (Phi) is 6.73. The van der Waals surface area contributed by atoms with Crippen LogP contribution in [0.2, 0.25) is 0 Å². The van der Waals surface area contributed by atoms with Crippen LogP contribution in [0.4, 0.5) is 5.82 Å². The zero-order valence-electron chi connectivity index (χ0n) is 12.2. The van der Waals surface area contributed by atoms with Gasteiger partial charge in [-0.1, -0.05) is 19.9 Å². The summed E-state index contributed by atoms with van der Waals surface area (Å²) in [5.74, 6) is 1.10. The molecule has 1 aromatic heterocycles. The molecule has 1 N–H and O–H groups in total. The van der Waals surface area contributed by atoms with Crippen LogP contribution in [0.15, 0.2) is 18.2 Å². The number of pyridine rings is 1. The van der Waals surface area contributed by atoms with Crippen molar-refractivity contribution in [1.82, 2.24) is 10.3 Å². The van der Waals surface area contributed by atoms with Crippen LogP contribution in [0.5, 0.6) is 0 Å². The predicted octanol–water partition coefficient (Wildman–Crippen LogP) is 3.21. The van der Waals surface area contributed by atoms with Gasteiger partial charge in [0.2, 0.25) is 0 Å². The van der Waals surface area contributed by atoms with Crippen LogP contribution >= 0.6 is 0 Å². The maximum Gasteiger partial charge on any atom is 0.129 e. The Labute approximate surface area is 112 Å². The molecule has 1 rings (SSSR count). The van der Waals surface area contributed by atoms with Crippen LogP contribution < -0.4 is 10.2 Å². The average molecular weight is 249 g/mol. The lowest BCUT2D eigenvalue weighted by Crippen LogP contribution is -2.32. The van der Waals surface area contributed by atoms with E-state index in [0.29, 0.717) is 6.04 Å². The zero-order chi connectivity index (χ0) is 13.4. The van der Waals surface area contributed by atoms with E-state index in [-0.39, 0.29) is 0 Å². The first-order valence-corrected chi connectivity index (χ1v) is 7.12. The average Bonchev–Trinajstić information content (AvgIpc) is 2.36. The van der Waals surface area contributed by atoms with Gasteiger partial charge in [0.1, 0.15) is 5.82 Å². The second-order valence-corrected chi connectivity index (χ2v) is 4.95. The maximum absolute atomic E-state index is 4.75. The third-order valence-corrected chi connectivity index (χ3v) is 2.91. The van der Waals surface area contributed by atoms with Crippen molar-refractivity contribution in [2.75, 3.05) is 18.0 Å². The lowest BCUT2D eigenvalue weighted by Gasteiger charge is -2.27. The highest BCUT2D eigenvalue weighted by atomic mass is 15.2. The number of rotatable bonds is 8. The van der Waals surface area contributed by atoms with Crippen molar-refractivity contribution in [1.29, 1.82) is 0 Å². The monoisotopic (exact) mass is 249 g/mol. The van der Waals surface area contributed by atoms with Crippen LogP contribution in [0.3, 0.4) is 0 Å². The Morgan fingerprint density at radius 1 is 1.22 bits per heavy atom. The summed E-state index contributed by atoms with van der Waals surface area (Å²) >= 11 is 0. The van der Waals surface area contributed by atoms with Crippen molar-refractivity contribution < 1.29 is 0 Å². The molecule has 0 saturated carbocycles. The Morgan fingerprint density at radius 2 is 2.00 bits per heavy atom. The van der Waals surface area contributed by atoms with Gasteiger partial charge in [0.05, 0.1) is 5.69 Å². The minimum atomic E-state index is 0.497. The van der Waals surface area contributed by atoms with Crippen LogP contribution in [-0.4, -0.2) is 24.1 Å². The Balaban J connectivity index is 2.72. The normalized spacial score (nSPS) is 10.9. The molecule has 0 aliphatic heterocycles. The first kappa shape index (κ1) is 15.0. The van der Waals surface area contributed by atoms with Gasteiger partial charge in [0, 0.05) is 19.1 Å². The van der Waals surface area contributed by atoms with Gasteiger partial charge in [0.15, 0.2) is 0 Å². The molecule has 0 amide bonds. The van der Waals surface area contributed by atoms with Crippen LogP contribution in [-0.2, 0) is 6.54 Å². The van der Waals surface area contributed by atoms with Gasteiger partial charge in [-0.3, -0.25) is 0 Å². The molecule has 18 heavy (non-hydrogen) atoms. The fourth-order valence-corrected chi connectivity index (χ4v) is 2.00. The van der Waals surface area contributed by atoms with E-state index in [9.17, 15) is 0 Å². The van der Waals surface area contributed by atoms with E-state index in [2.05, 4.69) is 56.1 Å². The maximum atomic E-state index is 4.75. The number of hydrogen-bond donors (Lipinski definition) is 1. The summed E-state index contributed by atoms with van der Waals surface area (Å²) in [5, 5.41) is 3.40. The molecule has 1 heterocycles. The van der Waals surface area contributed by atoms with E-state index < -0.39 is 0 Å². The molecule has 0 aromatic carbocycles. The minimum Gasteiger partial charge on any atom is -0.354 e. The summed E-state index contributed by atoms with van der Waals surface area (Å²) < 4.78 is 0. The lowest BCUT2D eigenvalue weighted by molar-refractivity contribution is 0.645. The van der Waals surface area contributed by atoms with Crippen molar-refractivity contribution in [3.8, 4) is 0 Å². The van der Waals surface area contributed by atoms with E-state index in [4.69, 9.17) is 4.98 Å². The van der Waals surface area contributed by atoms with Crippen molar-refractivity contribution >= 4 is 5.82 Å². The molecule has 102 valence electrons. The van der Waals surface area contributed by atoms with Gasteiger partial charge in [0.25, 0.3) is 0 Å². The molecule has 0 radical (unpaired) electrons. The smallest absolute Gasteiger partial charge is 0.129 e. The highest BCUT2D eigenvalue weighted by Crippen LogP contribution is 2.15. The molecule has 0 spiro atoms. The molecule has 3 nitrogen and oxygen atoms in total. The largest absolute Gasteiger partial charge is 0.354 e. The zero-order valence-corrected chi connectivity index (χ0v) is 12.2. The SMILES string of the molecule is CCCNCc1cccc(N(CCC)C(C)C)n1. The van der Waals surface area contributed by atoms with Crippen LogP contribution in [0.1, 0.15) is 46.2 Å². The van der Waals surface area contributed by atoms with E-state index in [0.717, 1.165) is 44.0 Å². The fraction of sp³-hybridized carbons (Fsp3) is 0.667. The van der Waals surface area contributed by atoms with Gasteiger partial charge >= 0.3 is 0 Å². The summed E-state index contributed by atoms with van der Waals surface area (Å²) in [7, 11) is 0. The molecular formula is C15H27N3. The molecule has 0 bridgehead atoms. The molecule has 0 aliphatic rings. The number of aromatic nitrogens is 1. The summed E-state index contributed by atoms with van der Waals surface area (Å²) in [6.07, 6.45) is 2.31. The first-order valence-electron chi connectivity index (χ1n) is 7.12. The fourth-order valence-electron chi connectivity index (χ4n) is 2.00. The van der Waals surface area contributed by atoms with E-state index in [1.54, 1.807) is 0 Å². The third kappa shape index (κ3) is 4.65. The number of hydrogen-bond acceptors (Lipinski definition) is 3. The highest BCUT2D eigenvalue weighted by Gasteiger charge is 2.10. The molecule has 0 fully saturated rings. The number of anilines is 1. The molecule has 1 aromatic rings. The molecule has 0 saturated heterocycles. The van der Waals surface area contributed by atoms with Crippen molar-refractivity contribution in [2.24, 2.45) is 0 Å². The molecular weight excluding hydrogens is 222 g/mol. The molecule has 0 atom stereocenters. The van der Waals surface area contributed by atoms with E-state index in [1.165, 1.54) is 0 Å². The van der Waals surface area contributed by atoms with Crippen molar-refractivity contribution in [2.45, 2.75) is 53.1 Å². The van der Waals surface area contributed by atoms with Gasteiger partial charge in [-0.2, -0.15) is 0 Å². The Hall–Kier alpha value is -1.09. The topological polar surface area (TPSA) is 28.2 Å². The van der Waals surface area contributed by atoms with Gasteiger partial charge in [-0.05, 0) is 45.4 Å². The Morgan fingerprint density at radius 3 is 2.61 bits per heavy atom. The Bertz CT molecular complexity index is 336. The predicted molar refractivity (Wildman–Crippen MR) is 79.0 cm³/mol. The van der Waals surface area contributed by atoms with Gasteiger partial charge in [-0.15, -0.1) is 0 Å². The third-order valence-electron chi connectivity index (χ3n) is 2.91. The van der Waals surface area contributed by atoms with Crippen LogP contribution in [0, 0.1) is 0 Å². The summed E-state index contributed by atoms with van der Waals surface area (Å²) in [4.78, 5) is 7.11. The summed E-state index contributed by atoms with van der Waals surface area (Å²) in [5.41, 5.74) is 1.13. The van der Waals surface area contributed by atoms with Gasteiger partial charge in [-0.25, -0.2) is 4.98 Å². The highest BCUT2D eigenvalue weighted by molar-refractivity contribution is 5.40. The first-order chi connectivity index (χ1) is 8.69. The van der Waals surface area contributed by atoms with Crippen LogP contribution in [0.25, 0.3) is 0 Å². The van der Waals surface area contributed by atoms with E-state index in [1.807, 2.05) is 0 Å². The summed E-state index contributed by atoms with van der Waals surface area (Å²) in [6.45, 7) is 11.8. The minimum absolute atomic E-state index is 0.497. The molecule has 0 unspecified atom stereocenters. The summed E-state index contributed by atoms with van der Waals surface area (Å²) in [6, 6.07) is 6.81. The van der Waals surface area contributed by atoms with Crippen molar-refractivity contribution in [3.05, 3.63) is 23.9 Å². The lowest BCUT2D eigenvalue weighted by atomic mass is 10.2. The standard InChI is InChI=1S/C15H27N3/c1-5-10-16-12-14-8-7-9-15(17-14)18(11-6-2)13(3)4/h7-9,13,16H,5-6,10-12H2,1-4H3. The second-order valence-electron chi connectivity index (χ2n) is 4.95. The van der Waals surface area contributed by atoms with E-state index >= 15 is 0 Å². The number of nitrogens with one attached hydrogen (secondary N) is 1. The number of nitrogens with zero attached hydrogens (tertiary/aromatic N) is 2. The van der Waals surface area contributed by atoms with Gasteiger partial charge < -0.3 is 10.2 Å². The quantitative estimate of drug-likeness (QED) is 0.717. The molecule has 0 aliphatic carbocycles. The molecule has 3 heteroatoms. The second kappa shape index (κ2) is 8.09.